The third kappa shape index (κ3) is 11.5. The van der Waals surface area contributed by atoms with Crippen LogP contribution in [0.25, 0.3) is 0 Å². The molecule has 0 aromatic heterocycles. The molecule has 2 atom stereocenters. The van der Waals surface area contributed by atoms with Crippen LogP contribution in [0.5, 0.6) is 0 Å². The Labute approximate surface area is 105 Å². The van der Waals surface area contributed by atoms with Crippen molar-refractivity contribution in [2.24, 2.45) is 0 Å². The summed E-state index contributed by atoms with van der Waals surface area (Å²) in [4.78, 5) is 0. The van der Waals surface area contributed by atoms with E-state index >= 15 is 0 Å². The topological polar surface area (TPSA) is 49.7 Å². The van der Waals surface area contributed by atoms with E-state index in [1.807, 2.05) is 0 Å². The van der Waals surface area contributed by atoms with Crippen molar-refractivity contribution in [1.82, 2.24) is 0 Å². The molecule has 0 bridgehead atoms. The molecule has 0 aliphatic heterocycles. The Bertz CT molecular complexity index is 208. The summed E-state index contributed by atoms with van der Waals surface area (Å²) < 4.78 is 5.46. The maximum absolute atomic E-state index is 9.10. The van der Waals surface area contributed by atoms with Gasteiger partial charge in [0.2, 0.25) is 0 Å². The summed E-state index contributed by atoms with van der Waals surface area (Å²) in [6.45, 7) is 11.2. The smallest absolute Gasteiger partial charge is 0.0964 e. The monoisotopic (exact) mass is 242 g/mol. The molecule has 0 aromatic carbocycles. The van der Waals surface area contributed by atoms with Crippen LogP contribution in [0, 0.1) is 0 Å². The largest absolute Gasteiger partial charge is 0.467 e. The Kier molecular flexibility index (Phi) is 8.82. The zero-order chi connectivity index (χ0) is 13.3. The van der Waals surface area contributed by atoms with Gasteiger partial charge >= 0.3 is 0 Å². The van der Waals surface area contributed by atoms with Crippen LogP contribution >= 0.6 is 0 Å². The van der Waals surface area contributed by atoms with E-state index in [9.17, 15) is 0 Å². The summed E-state index contributed by atoms with van der Waals surface area (Å²) in [7, 11) is 0. The lowest BCUT2D eigenvalue weighted by Gasteiger charge is -2.12. The first kappa shape index (κ1) is 16.2. The predicted octanol–water partition coefficient (Wildman–Crippen LogP) is 3.13. The van der Waals surface area contributed by atoms with Crippen LogP contribution in [0.1, 0.15) is 52.4 Å². The Hall–Kier alpha value is -0.800. The van der Waals surface area contributed by atoms with E-state index in [-0.39, 0.29) is 12.2 Å². The normalized spacial score (nSPS) is 14.1. The number of hydrogen-bond donors (Lipinski definition) is 2. The predicted molar refractivity (Wildman–Crippen MR) is 70.4 cm³/mol. The molecule has 17 heavy (non-hydrogen) atoms. The number of rotatable bonds is 10. The molecular weight excluding hydrogens is 216 g/mol. The molecule has 2 N–H and O–H groups in total. The van der Waals surface area contributed by atoms with Crippen LogP contribution < -0.4 is 0 Å². The SMILES string of the molecule is C=C(CCCC(C)O)OC(=C)CCCC(C)O. The first-order valence-corrected chi connectivity index (χ1v) is 6.31. The number of allylic oxidation sites excluding steroid dienone is 2. The van der Waals surface area contributed by atoms with Crippen LogP contribution in [0.4, 0.5) is 0 Å². The van der Waals surface area contributed by atoms with Gasteiger partial charge in [0.15, 0.2) is 0 Å². The summed E-state index contributed by atoms with van der Waals surface area (Å²) >= 11 is 0. The Morgan fingerprint density at radius 3 is 1.59 bits per heavy atom. The molecule has 0 spiro atoms. The van der Waals surface area contributed by atoms with E-state index in [1.54, 1.807) is 13.8 Å². The molecule has 2 unspecified atom stereocenters. The zero-order valence-electron chi connectivity index (χ0n) is 11.1. The lowest BCUT2D eigenvalue weighted by molar-refractivity contribution is 0.175. The molecule has 0 amide bonds. The molecule has 0 saturated heterocycles. The van der Waals surface area contributed by atoms with E-state index in [4.69, 9.17) is 14.9 Å². The van der Waals surface area contributed by atoms with Gasteiger partial charge in [-0.15, -0.1) is 0 Å². The van der Waals surface area contributed by atoms with Gasteiger partial charge in [-0.1, -0.05) is 13.2 Å². The second-order valence-corrected chi connectivity index (χ2v) is 4.66. The molecule has 100 valence electrons. The van der Waals surface area contributed by atoms with Gasteiger partial charge in [-0.3, -0.25) is 0 Å². The lowest BCUT2D eigenvalue weighted by atomic mass is 10.1. The average Bonchev–Trinajstić information content (AvgIpc) is 2.15. The van der Waals surface area contributed by atoms with Crippen molar-refractivity contribution < 1.29 is 14.9 Å². The quantitative estimate of drug-likeness (QED) is 0.579. The fourth-order valence-electron chi connectivity index (χ4n) is 1.50. The third-order valence-electron chi connectivity index (χ3n) is 2.44. The van der Waals surface area contributed by atoms with Crippen molar-refractivity contribution in [3.8, 4) is 0 Å². The highest BCUT2D eigenvalue weighted by molar-refractivity contribution is 4.93. The summed E-state index contributed by atoms with van der Waals surface area (Å²) in [6.07, 6.45) is 4.23. The van der Waals surface area contributed by atoms with Crippen molar-refractivity contribution in [2.75, 3.05) is 0 Å². The van der Waals surface area contributed by atoms with Gasteiger partial charge in [0.25, 0.3) is 0 Å². The second kappa shape index (κ2) is 9.25. The lowest BCUT2D eigenvalue weighted by Crippen LogP contribution is -2.01. The van der Waals surface area contributed by atoms with Gasteiger partial charge < -0.3 is 14.9 Å². The van der Waals surface area contributed by atoms with Crippen LogP contribution in [-0.4, -0.2) is 22.4 Å². The second-order valence-electron chi connectivity index (χ2n) is 4.66. The van der Waals surface area contributed by atoms with Gasteiger partial charge in [-0.2, -0.15) is 0 Å². The fourth-order valence-corrected chi connectivity index (χ4v) is 1.50. The minimum atomic E-state index is -0.267. The van der Waals surface area contributed by atoms with Crippen LogP contribution in [0.2, 0.25) is 0 Å². The van der Waals surface area contributed by atoms with Crippen molar-refractivity contribution in [1.29, 1.82) is 0 Å². The van der Waals surface area contributed by atoms with Gasteiger partial charge in [-0.05, 0) is 39.5 Å². The minimum absolute atomic E-state index is 0.267. The minimum Gasteiger partial charge on any atom is -0.467 e. The Balaban J connectivity index is 3.56. The summed E-state index contributed by atoms with van der Waals surface area (Å²) in [5.74, 6) is 1.40. The molecule has 3 nitrogen and oxygen atoms in total. The maximum Gasteiger partial charge on any atom is 0.0964 e. The van der Waals surface area contributed by atoms with E-state index in [2.05, 4.69) is 13.2 Å². The molecule has 0 aliphatic carbocycles. The average molecular weight is 242 g/mol. The highest BCUT2D eigenvalue weighted by Crippen LogP contribution is 2.16. The van der Waals surface area contributed by atoms with E-state index < -0.39 is 0 Å². The number of aliphatic hydroxyl groups excluding tert-OH is 2. The molecule has 0 heterocycles. The van der Waals surface area contributed by atoms with Crippen molar-refractivity contribution >= 4 is 0 Å². The van der Waals surface area contributed by atoms with Gasteiger partial charge in [-0.25, -0.2) is 0 Å². The van der Waals surface area contributed by atoms with Gasteiger partial charge in [0.1, 0.15) is 0 Å². The molecule has 0 rings (SSSR count). The van der Waals surface area contributed by atoms with Gasteiger partial charge in [0, 0.05) is 12.8 Å². The first-order valence-electron chi connectivity index (χ1n) is 6.31. The zero-order valence-corrected chi connectivity index (χ0v) is 11.1. The molecule has 0 fully saturated rings. The van der Waals surface area contributed by atoms with E-state index in [0.717, 1.165) is 38.5 Å². The van der Waals surface area contributed by atoms with Crippen molar-refractivity contribution in [3.63, 3.8) is 0 Å². The van der Waals surface area contributed by atoms with Crippen molar-refractivity contribution in [3.05, 3.63) is 24.7 Å². The molecule has 0 aromatic rings. The van der Waals surface area contributed by atoms with Crippen LogP contribution in [-0.2, 0) is 4.74 Å². The summed E-state index contributed by atoms with van der Waals surface area (Å²) in [5.41, 5.74) is 0. The first-order chi connectivity index (χ1) is 7.91. The molecule has 0 radical (unpaired) electrons. The molecule has 0 aliphatic rings. The van der Waals surface area contributed by atoms with Crippen LogP contribution in [0.3, 0.4) is 0 Å². The van der Waals surface area contributed by atoms with Gasteiger partial charge in [0.05, 0.1) is 23.7 Å². The number of aliphatic hydroxyl groups is 2. The van der Waals surface area contributed by atoms with E-state index in [1.165, 1.54) is 0 Å². The number of hydrogen-bond acceptors (Lipinski definition) is 3. The number of ether oxygens (including phenoxy) is 1. The summed E-state index contributed by atoms with van der Waals surface area (Å²) in [6, 6.07) is 0. The highest BCUT2D eigenvalue weighted by atomic mass is 16.5. The molecule has 0 saturated carbocycles. The van der Waals surface area contributed by atoms with Crippen LogP contribution in [0.15, 0.2) is 24.7 Å². The van der Waals surface area contributed by atoms with E-state index in [0.29, 0.717) is 11.5 Å². The van der Waals surface area contributed by atoms with Crippen molar-refractivity contribution in [2.45, 2.75) is 64.6 Å². The Morgan fingerprint density at radius 1 is 0.941 bits per heavy atom. The summed E-state index contributed by atoms with van der Waals surface area (Å²) in [5, 5.41) is 18.2. The fraction of sp³-hybridized carbons (Fsp3) is 0.714. The molecule has 3 heteroatoms. The third-order valence-corrected chi connectivity index (χ3v) is 2.44. The standard InChI is InChI=1S/C14H26O3/c1-11(15)7-5-9-13(3)17-14(4)10-6-8-12(2)16/h11-12,15-16H,3-10H2,1-2H3. The molecular formula is C14H26O3. The highest BCUT2D eigenvalue weighted by Gasteiger charge is 2.03. The maximum atomic E-state index is 9.10. The Morgan fingerprint density at radius 2 is 1.29 bits per heavy atom.